The van der Waals surface area contributed by atoms with Crippen LogP contribution in [0.2, 0.25) is 0 Å². The van der Waals surface area contributed by atoms with E-state index in [9.17, 15) is 0 Å². The Bertz CT molecular complexity index is 457. The molecule has 2 heterocycles. The molecule has 27 heavy (non-hydrogen) atoms. The van der Waals surface area contributed by atoms with E-state index in [1.807, 2.05) is 0 Å². The van der Waals surface area contributed by atoms with Gasteiger partial charge >= 0.3 is 0 Å². The van der Waals surface area contributed by atoms with Crippen molar-refractivity contribution in [1.82, 2.24) is 15.5 Å². The second kappa shape index (κ2) is 11.2. The van der Waals surface area contributed by atoms with Gasteiger partial charge in [-0.15, -0.1) is 24.0 Å². The molecule has 2 aliphatic heterocycles. The van der Waals surface area contributed by atoms with Crippen molar-refractivity contribution in [3.63, 3.8) is 0 Å². The molecule has 158 valence electrons. The van der Waals surface area contributed by atoms with Crippen LogP contribution in [-0.2, 0) is 9.47 Å². The molecule has 1 atom stereocenters. The van der Waals surface area contributed by atoms with Crippen LogP contribution in [0, 0.1) is 0 Å². The van der Waals surface area contributed by atoms with Crippen molar-refractivity contribution in [2.75, 3.05) is 52.5 Å². The molecule has 0 aromatic rings. The maximum atomic E-state index is 5.91. The van der Waals surface area contributed by atoms with Crippen molar-refractivity contribution in [3.05, 3.63) is 0 Å². The third kappa shape index (κ3) is 6.44. The van der Waals surface area contributed by atoms with E-state index >= 15 is 0 Å². The van der Waals surface area contributed by atoms with Crippen molar-refractivity contribution < 1.29 is 9.47 Å². The molecule has 3 aliphatic rings. The zero-order chi connectivity index (χ0) is 18.3. The number of morpholine rings is 1. The van der Waals surface area contributed by atoms with Crippen molar-refractivity contribution >= 4 is 29.9 Å². The minimum absolute atomic E-state index is 0. The molecule has 3 rings (SSSR count). The van der Waals surface area contributed by atoms with Crippen molar-refractivity contribution in [3.8, 4) is 0 Å². The number of guanidine groups is 1. The molecule has 3 fully saturated rings. The van der Waals surface area contributed by atoms with Crippen LogP contribution in [-0.4, -0.2) is 74.5 Å². The van der Waals surface area contributed by atoms with Crippen LogP contribution in [0.3, 0.4) is 0 Å². The lowest BCUT2D eigenvalue weighted by Gasteiger charge is -2.47. The van der Waals surface area contributed by atoms with Crippen LogP contribution < -0.4 is 10.6 Å². The first-order valence-corrected chi connectivity index (χ1v) is 10.6. The van der Waals surface area contributed by atoms with E-state index in [1.165, 1.54) is 32.1 Å². The van der Waals surface area contributed by atoms with E-state index in [0.717, 1.165) is 71.3 Å². The molecular formula is C20H39IN4O2. The van der Waals surface area contributed by atoms with Gasteiger partial charge in [0.2, 0.25) is 0 Å². The average Bonchev–Trinajstić information content (AvgIpc) is 3.12. The van der Waals surface area contributed by atoms with Crippen LogP contribution in [0.4, 0.5) is 0 Å². The average molecular weight is 494 g/mol. The number of ether oxygens (including phenoxy) is 2. The summed E-state index contributed by atoms with van der Waals surface area (Å²) in [6, 6.07) is 0. The molecular weight excluding hydrogens is 455 g/mol. The van der Waals surface area contributed by atoms with Crippen molar-refractivity contribution in [2.24, 2.45) is 4.99 Å². The van der Waals surface area contributed by atoms with E-state index in [4.69, 9.17) is 14.5 Å². The van der Waals surface area contributed by atoms with Crippen LogP contribution in [0.1, 0.15) is 58.8 Å². The molecule has 0 aromatic carbocycles. The summed E-state index contributed by atoms with van der Waals surface area (Å²) in [6.07, 6.45) is 8.81. The number of aliphatic imine (C=N–C) groups is 1. The summed E-state index contributed by atoms with van der Waals surface area (Å²) in [4.78, 5) is 7.69. The standard InChI is InChI=1S/C20H38N4O2.HI/c1-3-21-18(22-16-19(2)8-7-13-26-19)23-17-20(9-5-4-6-10-20)24-11-14-25-15-12-24;/h3-17H2,1-2H3,(H2,21,22,23);1H. The van der Waals surface area contributed by atoms with Gasteiger partial charge in [-0.3, -0.25) is 9.89 Å². The summed E-state index contributed by atoms with van der Waals surface area (Å²) in [7, 11) is 0. The highest BCUT2D eigenvalue weighted by Gasteiger charge is 2.38. The third-order valence-electron chi connectivity index (χ3n) is 6.27. The second-order valence-electron chi connectivity index (χ2n) is 8.34. The molecule has 0 aromatic heterocycles. The van der Waals surface area contributed by atoms with Gasteiger partial charge in [-0.05, 0) is 39.5 Å². The Morgan fingerprint density at radius 3 is 2.37 bits per heavy atom. The summed E-state index contributed by atoms with van der Waals surface area (Å²) in [5.41, 5.74) is 0.168. The lowest BCUT2D eigenvalue weighted by molar-refractivity contribution is -0.0333. The van der Waals surface area contributed by atoms with Gasteiger partial charge in [0, 0.05) is 38.3 Å². The first-order valence-electron chi connectivity index (χ1n) is 10.6. The van der Waals surface area contributed by atoms with E-state index < -0.39 is 0 Å². The van der Waals surface area contributed by atoms with Crippen LogP contribution in [0.25, 0.3) is 0 Å². The smallest absolute Gasteiger partial charge is 0.191 e. The fourth-order valence-corrected chi connectivity index (χ4v) is 4.64. The Morgan fingerprint density at radius 2 is 1.74 bits per heavy atom. The first kappa shape index (κ1) is 23.2. The largest absolute Gasteiger partial charge is 0.379 e. The number of nitrogens with zero attached hydrogens (tertiary/aromatic N) is 2. The predicted molar refractivity (Wildman–Crippen MR) is 121 cm³/mol. The molecule has 1 unspecified atom stereocenters. The van der Waals surface area contributed by atoms with Crippen molar-refractivity contribution in [2.45, 2.75) is 69.9 Å². The molecule has 0 bridgehead atoms. The maximum absolute atomic E-state index is 5.91. The summed E-state index contributed by atoms with van der Waals surface area (Å²) in [5.74, 6) is 0.933. The van der Waals surface area contributed by atoms with E-state index in [2.05, 4.69) is 29.4 Å². The summed E-state index contributed by atoms with van der Waals surface area (Å²) in [6.45, 7) is 11.6. The molecule has 7 heteroatoms. The monoisotopic (exact) mass is 494 g/mol. The van der Waals surface area contributed by atoms with Gasteiger partial charge in [0.1, 0.15) is 0 Å². The highest BCUT2D eigenvalue weighted by Crippen LogP contribution is 2.34. The van der Waals surface area contributed by atoms with E-state index in [0.29, 0.717) is 0 Å². The molecule has 6 nitrogen and oxygen atoms in total. The zero-order valence-electron chi connectivity index (χ0n) is 17.2. The minimum Gasteiger partial charge on any atom is -0.379 e. The Labute approximate surface area is 182 Å². The summed E-state index contributed by atoms with van der Waals surface area (Å²) < 4.78 is 11.5. The molecule has 2 saturated heterocycles. The molecule has 0 spiro atoms. The molecule has 1 aliphatic carbocycles. The quantitative estimate of drug-likeness (QED) is 0.338. The number of hydrogen-bond donors (Lipinski definition) is 2. The second-order valence-corrected chi connectivity index (χ2v) is 8.34. The molecule has 2 N–H and O–H groups in total. The van der Waals surface area contributed by atoms with Gasteiger partial charge in [0.25, 0.3) is 0 Å². The Kier molecular flexibility index (Phi) is 9.58. The SMILES string of the molecule is CCNC(=NCC1(N2CCOCC2)CCCCC1)NCC1(C)CCCO1.I. The fraction of sp³-hybridized carbons (Fsp3) is 0.950. The summed E-state index contributed by atoms with van der Waals surface area (Å²) in [5, 5.41) is 6.96. The number of hydrogen-bond acceptors (Lipinski definition) is 4. The highest BCUT2D eigenvalue weighted by atomic mass is 127. The Morgan fingerprint density at radius 1 is 1.00 bits per heavy atom. The molecule has 1 saturated carbocycles. The number of rotatable bonds is 6. The maximum Gasteiger partial charge on any atom is 0.191 e. The Hall–Kier alpha value is -0.120. The van der Waals surface area contributed by atoms with Gasteiger partial charge < -0.3 is 20.1 Å². The van der Waals surface area contributed by atoms with E-state index in [1.54, 1.807) is 0 Å². The number of halogens is 1. The lowest BCUT2D eigenvalue weighted by atomic mass is 9.80. The van der Waals surface area contributed by atoms with Crippen LogP contribution in [0.15, 0.2) is 4.99 Å². The van der Waals surface area contributed by atoms with Gasteiger partial charge in [-0.2, -0.15) is 0 Å². The zero-order valence-corrected chi connectivity index (χ0v) is 19.6. The predicted octanol–water partition coefficient (Wildman–Crippen LogP) is 2.76. The first-order chi connectivity index (χ1) is 12.7. The Balaban J connectivity index is 0.00000261. The number of nitrogens with one attached hydrogen (secondary N) is 2. The van der Waals surface area contributed by atoms with Gasteiger partial charge in [0.15, 0.2) is 5.96 Å². The fourth-order valence-electron chi connectivity index (χ4n) is 4.64. The van der Waals surface area contributed by atoms with Crippen LogP contribution in [0.5, 0.6) is 0 Å². The lowest BCUT2D eigenvalue weighted by Crippen LogP contribution is -2.57. The van der Waals surface area contributed by atoms with E-state index in [-0.39, 0.29) is 35.1 Å². The summed E-state index contributed by atoms with van der Waals surface area (Å²) >= 11 is 0. The topological polar surface area (TPSA) is 58.1 Å². The molecule has 0 radical (unpaired) electrons. The molecule has 0 amide bonds. The van der Waals surface area contributed by atoms with Gasteiger partial charge in [-0.1, -0.05) is 19.3 Å². The third-order valence-corrected chi connectivity index (χ3v) is 6.27. The minimum atomic E-state index is -0.0527. The van der Waals surface area contributed by atoms with Crippen LogP contribution >= 0.6 is 24.0 Å². The van der Waals surface area contributed by atoms with Gasteiger partial charge in [-0.25, -0.2) is 0 Å². The van der Waals surface area contributed by atoms with Gasteiger partial charge in [0.05, 0.1) is 25.4 Å². The van der Waals surface area contributed by atoms with Crippen molar-refractivity contribution in [1.29, 1.82) is 0 Å². The highest BCUT2D eigenvalue weighted by molar-refractivity contribution is 14.0. The normalized spacial score (nSPS) is 29.2.